The summed E-state index contributed by atoms with van der Waals surface area (Å²) < 4.78 is 0. The van der Waals surface area contributed by atoms with E-state index in [-0.39, 0.29) is 6.10 Å². The summed E-state index contributed by atoms with van der Waals surface area (Å²) >= 11 is 0. The molecular formula is C14H26O. The van der Waals surface area contributed by atoms with Crippen LogP contribution in [0.3, 0.4) is 0 Å². The van der Waals surface area contributed by atoms with Gasteiger partial charge in [-0.05, 0) is 6.42 Å². The Labute approximate surface area is 95.3 Å². The SMILES string of the molecule is C#CCC(O)CCCCCCCCCC. The molecule has 15 heavy (non-hydrogen) atoms. The molecule has 0 saturated heterocycles. The molecule has 0 aromatic heterocycles. The van der Waals surface area contributed by atoms with E-state index in [9.17, 15) is 5.11 Å². The van der Waals surface area contributed by atoms with Crippen molar-refractivity contribution in [3.63, 3.8) is 0 Å². The molecule has 0 bridgehead atoms. The average Bonchev–Trinajstić information content (AvgIpc) is 2.22. The first kappa shape index (κ1) is 14.5. The van der Waals surface area contributed by atoms with Gasteiger partial charge in [0, 0.05) is 6.42 Å². The molecule has 0 aliphatic carbocycles. The third-order valence-corrected chi connectivity index (χ3v) is 2.74. The standard InChI is InChI=1S/C14H26O/c1-3-5-6-7-8-9-10-11-13-14(15)12-4-2/h2,14-15H,3,5-13H2,1H3. The molecule has 0 spiro atoms. The van der Waals surface area contributed by atoms with Crippen LogP contribution in [0.2, 0.25) is 0 Å². The Morgan fingerprint density at radius 3 is 2.07 bits per heavy atom. The van der Waals surface area contributed by atoms with Gasteiger partial charge in [0.15, 0.2) is 0 Å². The molecule has 0 saturated carbocycles. The zero-order valence-corrected chi connectivity index (χ0v) is 10.2. The van der Waals surface area contributed by atoms with E-state index in [0.717, 1.165) is 12.8 Å². The highest BCUT2D eigenvalue weighted by Gasteiger charge is 2.00. The molecule has 88 valence electrons. The Bertz CT molecular complexity index is 157. The maximum atomic E-state index is 9.38. The molecule has 0 fully saturated rings. The minimum Gasteiger partial charge on any atom is -0.392 e. The summed E-state index contributed by atoms with van der Waals surface area (Å²) in [6.45, 7) is 2.24. The third kappa shape index (κ3) is 11.4. The summed E-state index contributed by atoms with van der Waals surface area (Å²) in [6.07, 6.45) is 16.7. The van der Waals surface area contributed by atoms with Crippen molar-refractivity contribution in [2.24, 2.45) is 0 Å². The summed E-state index contributed by atoms with van der Waals surface area (Å²) in [4.78, 5) is 0. The molecule has 0 aromatic carbocycles. The lowest BCUT2D eigenvalue weighted by Crippen LogP contribution is -2.04. The number of aliphatic hydroxyl groups excluding tert-OH is 1. The maximum Gasteiger partial charge on any atom is 0.0649 e. The first-order valence-corrected chi connectivity index (χ1v) is 6.42. The predicted molar refractivity (Wildman–Crippen MR) is 66.7 cm³/mol. The molecule has 1 unspecified atom stereocenters. The van der Waals surface area contributed by atoms with E-state index in [1.807, 2.05) is 0 Å². The number of hydrogen-bond donors (Lipinski definition) is 1. The van der Waals surface area contributed by atoms with Gasteiger partial charge in [-0.2, -0.15) is 0 Å². The van der Waals surface area contributed by atoms with Gasteiger partial charge in [0.25, 0.3) is 0 Å². The van der Waals surface area contributed by atoms with Crippen molar-refractivity contribution in [1.29, 1.82) is 0 Å². The second-order valence-corrected chi connectivity index (χ2v) is 4.33. The van der Waals surface area contributed by atoms with Gasteiger partial charge < -0.3 is 5.11 Å². The topological polar surface area (TPSA) is 20.2 Å². The lowest BCUT2D eigenvalue weighted by atomic mass is 10.0. The molecule has 0 aromatic rings. The number of hydrogen-bond acceptors (Lipinski definition) is 1. The average molecular weight is 210 g/mol. The van der Waals surface area contributed by atoms with Crippen LogP contribution in [0.4, 0.5) is 0 Å². The quantitative estimate of drug-likeness (QED) is 0.428. The van der Waals surface area contributed by atoms with Gasteiger partial charge in [0.1, 0.15) is 0 Å². The first-order chi connectivity index (χ1) is 7.31. The van der Waals surface area contributed by atoms with E-state index >= 15 is 0 Å². The monoisotopic (exact) mass is 210 g/mol. The van der Waals surface area contributed by atoms with Gasteiger partial charge >= 0.3 is 0 Å². The largest absolute Gasteiger partial charge is 0.392 e. The van der Waals surface area contributed by atoms with Crippen LogP contribution in [-0.2, 0) is 0 Å². The maximum absolute atomic E-state index is 9.38. The number of unbranched alkanes of at least 4 members (excludes halogenated alkanes) is 7. The van der Waals surface area contributed by atoms with Gasteiger partial charge in [0.05, 0.1) is 6.10 Å². The Morgan fingerprint density at radius 1 is 1.00 bits per heavy atom. The summed E-state index contributed by atoms with van der Waals surface area (Å²) in [5.74, 6) is 2.49. The van der Waals surface area contributed by atoms with Crippen molar-refractivity contribution >= 4 is 0 Å². The normalized spacial score (nSPS) is 12.3. The van der Waals surface area contributed by atoms with Gasteiger partial charge in [-0.25, -0.2) is 0 Å². The Morgan fingerprint density at radius 2 is 1.53 bits per heavy atom. The molecular weight excluding hydrogens is 184 g/mol. The fraction of sp³-hybridized carbons (Fsp3) is 0.857. The van der Waals surface area contributed by atoms with Crippen LogP contribution >= 0.6 is 0 Å². The van der Waals surface area contributed by atoms with Crippen LogP contribution in [0.15, 0.2) is 0 Å². The van der Waals surface area contributed by atoms with E-state index in [1.165, 1.54) is 44.9 Å². The van der Waals surface area contributed by atoms with Gasteiger partial charge in [-0.3, -0.25) is 0 Å². The minimum atomic E-state index is -0.268. The molecule has 1 N–H and O–H groups in total. The summed E-state index contributed by atoms with van der Waals surface area (Å²) in [6, 6.07) is 0. The molecule has 0 heterocycles. The fourth-order valence-electron chi connectivity index (χ4n) is 1.75. The van der Waals surface area contributed by atoms with E-state index in [1.54, 1.807) is 0 Å². The highest BCUT2D eigenvalue weighted by molar-refractivity contribution is 4.86. The number of aliphatic hydroxyl groups is 1. The van der Waals surface area contributed by atoms with Crippen molar-refractivity contribution < 1.29 is 5.11 Å². The summed E-state index contributed by atoms with van der Waals surface area (Å²) in [5.41, 5.74) is 0. The van der Waals surface area contributed by atoms with Crippen LogP contribution in [0, 0.1) is 12.3 Å². The van der Waals surface area contributed by atoms with E-state index in [0.29, 0.717) is 6.42 Å². The Kier molecular flexibility index (Phi) is 11.2. The highest BCUT2D eigenvalue weighted by Crippen LogP contribution is 2.11. The number of terminal acetylenes is 1. The number of rotatable bonds is 10. The molecule has 0 aliphatic rings. The first-order valence-electron chi connectivity index (χ1n) is 6.42. The van der Waals surface area contributed by atoms with Gasteiger partial charge in [-0.15, -0.1) is 12.3 Å². The molecule has 1 heteroatoms. The lowest BCUT2D eigenvalue weighted by Gasteiger charge is -2.06. The van der Waals surface area contributed by atoms with Crippen molar-refractivity contribution in [1.82, 2.24) is 0 Å². The van der Waals surface area contributed by atoms with Crippen molar-refractivity contribution in [3.8, 4) is 12.3 Å². The van der Waals surface area contributed by atoms with Crippen molar-refractivity contribution in [2.45, 2.75) is 77.2 Å². The van der Waals surface area contributed by atoms with Gasteiger partial charge in [0.2, 0.25) is 0 Å². The van der Waals surface area contributed by atoms with Crippen molar-refractivity contribution in [2.75, 3.05) is 0 Å². The summed E-state index contributed by atoms with van der Waals surface area (Å²) in [7, 11) is 0. The van der Waals surface area contributed by atoms with E-state index < -0.39 is 0 Å². The second-order valence-electron chi connectivity index (χ2n) is 4.33. The second kappa shape index (κ2) is 11.6. The van der Waals surface area contributed by atoms with Crippen LogP contribution < -0.4 is 0 Å². The molecule has 0 radical (unpaired) electrons. The van der Waals surface area contributed by atoms with Crippen LogP contribution in [-0.4, -0.2) is 11.2 Å². The van der Waals surface area contributed by atoms with Gasteiger partial charge in [-0.1, -0.05) is 58.3 Å². The lowest BCUT2D eigenvalue weighted by molar-refractivity contribution is 0.166. The Hall–Kier alpha value is -0.480. The molecule has 0 amide bonds. The summed E-state index contributed by atoms with van der Waals surface area (Å²) in [5, 5.41) is 9.38. The zero-order valence-electron chi connectivity index (χ0n) is 10.2. The van der Waals surface area contributed by atoms with Crippen LogP contribution in [0.5, 0.6) is 0 Å². The van der Waals surface area contributed by atoms with E-state index in [4.69, 9.17) is 6.42 Å². The third-order valence-electron chi connectivity index (χ3n) is 2.74. The minimum absolute atomic E-state index is 0.268. The van der Waals surface area contributed by atoms with Crippen LogP contribution in [0.25, 0.3) is 0 Å². The zero-order chi connectivity index (χ0) is 11.4. The van der Waals surface area contributed by atoms with E-state index in [2.05, 4.69) is 12.8 Å². The molecule has 0 rings (SSSR count). The smallest absolute Gasteiger partial charge is 0.0649 e. The molecule has 0 aliphatic heterocycles. The molecule has 1 nitrogen and oxygen atoms in total. The van der Waals surface area contributed by atoms with Crippen LogP contribution in [0.1, 0.15) is 71.1 Å². The Balaban J connectivity index is 3.02. The predicted octanol–water partition coefficient (Wildman–Crippen LogP) is 3.90. The van der Waals surface area contributed by atoms with Crippen molar-refractivity contribution in [3.05, 3.63) is 0 Å². The highest BCUT2D eigenvalue weighted by atomic mass is 16.3. The fourth-order valence-corrected chi connectivity index (χ4v) is 1.75. The molecule has 1 atom stereocenters.